The SMILES string of the molecule is CC1(CC(F)(F)F)CN(C(=O)c2cn[nH]c2-c2ccoc2)C1. The topological polar surface area (TPSA) is 62.1 Å². The molecular formula is C14H14F3N3O2. The first-order chi connectivity index (χ1) is 10.3. The molecule has 2 aromatic rings. The molecule has 118 valence electrons. The minimum atomic E-state index is -4.22. The highest BCUT2D eigenvalue weighted by Crippen LogP contribution is 2.41. The standard InChI is InChI=1S/C14H14F3N3O2/c1-13(6-14(15,16)17)7-20(8-13)12(21)10-4-18-19-11(10)9-2-3-22-5-9/h2-5H,6-8H2,1H3,(H,18,19). The van der Waals surface area contributed by atoms with Crippen LogP contribution < -0.4 is 0 Å². The number of halogens is 3. The number of aromatic amines is 1. The van der Waals surface area contributed by atoms with Crippen molar-refractivity contribution in [3.63, 3.8) is 0 Å². The molecule has 0 atom stereocenters. The number of nitrogens with one attached hydrogen (secondary N) is 1. The van der Waals surface area contributed by atoms with Gasteiger partial charge in [0.25, 0.3) is 5.91 Å². The summed E-state index contributed by atoms with van der Waals surface area (Å²) >= 11 is 0. The van der Waals surface area contributed by atoms with Crippen molar-refractivity contribution in [1.82, 2.24) is 15.1 Å². The molecule has 8 heteroatoms. The number of furan rings is 1. The minimum absolute atomic E-state index is 0.0847. The Labute approximate surface area is 124 Å². The van der Waals surface area contributed by atoms with Gasteiger partial charge in [0, 0.05) is 24.1 Å². The lowest BCUT2D eigenvalue weighted by Crippen LogP contribution is -2.58. The van der Waals surface area contributed by atoms with Crippen LogP contribution in [0.5, 0.6) is 0 Å². The molecule has 1 aliphatic rings. The van der Waals surface area contributed by atoms with Crippen molar-refractivity contribution in [1.29, 1.82) is 0 Å². The fourth-order valence-corrected chi connectivity index (χ4v) is 2.86. The number of amides is 1. The van der Waals surface area contributed by atoms with E-state index in [-0.39, 0.29) is 19.0 Å². The Hall–Kier alpha value is -2.25. The first-order valence-electron chi connectivity index (χ1n) is 6.69. The molecule has 0 aromatic carbocycles. The van der Waals surface area contributed by atoms with Gasteiger partial charge in [-0.1, -0.05) is 6.92 Å². The van der Waals surface area contributed by atoms with E-state index in [0.717, 1.165) is 0 Å². The Kier molecular flexibility index (Phi) is 3.26. The van der Waals surface area contributed by atoms with Gasteiger partial charge in [-0.05, 0) is 6.07 Å². The fraction of sp³-hybridized carbons (Fsp3) is 0.429. The van der Waals surface area contributed by atoms with E-state index in [4.69, 9.17) is 4.42 Å². The number of hydrogen-bond acceptors (Lipinski definition) is 3. The highest BCUT2D eigenvalue weighted by Gasteiger charge is 2.48. The average Bonchev–Trinajstić information content (AvgIpc) is 3.02. The molecule has 2 aromatic heterocycles. The predicted octanol–water partition coefficient (Wildman–Crippen LogP) is 3.08. The molecule has 0 saturated carbocycles. The zero-order valence-corrected chi connectivity index (χ0v) is 11.8. The van der Waals surface area contributed by atoms with E-state index in [2.05, 4.69) is 10.2 Å². The van der Waals surface area contributed by atoms with Gasteiger partial charge in [0.2, 0.25) is 0 Å². The summed E-state index contributed by atoms with van der Waals surface area (Å²) in [7, 11) is 0. The van der Waals surface area contributed by atoms with Crippen molar-refractivity contribution < 1.29 is 22.4 Å². The number of carbonyl (C=O) groups excluding carboxylic acids is 1. The van der Waals surface area contributed by atoms with Crippen LogP contribution in [-0.2, 0) is 0 Å². The number of aromatic nitrogens is 2. The third-order valence-electron chi connectivity index (χ3n) is 3.74. The number of hydrogen-bond donors (Lipinski definition) is 1. The van der Waals surface area contributed by atoms with Gasteiger partial charge in [-0.25, -0.2) is 0 Å². The summed E-state index contributed by atoms with van der Waals surface area (Å²) in [5.74, 6) is -0.329. The van der Waals surface area contributed by atoms with Crippen LogP contribution >= 0.6 is 0 Å². The molecule has 1 saturated heterocycles. The first kappa shape index (κ1) is 14.7. The maximum absolute atomic E-state index is 12.5. The van der Waals surface area contributed by atoms with Crippen molar-refractivity contribution >= 4 is 5.91 Å². The second kappa shape index (κ2) is 4.89. The molecule has 22 heavy (non-hydrogen) atoms. The summed E-state index contributed by atoms with van der Waals surface area (Å²) in [5, 5.41) is 6.56. The monoisotopic (exact) mass is 313 g/mol. The van der Waals surface area contributed by atoms with Gasteiger partial charge in [0.05, 0.1) is 36.4 Å². The Bertz CT molecular complexity index is 670. The lowest BCUT2D eigenvalue weighted by molar-refractivity contribution is -0.172. The molecule has 3 rings (SSSR count). The van der Waals surface area contributed by atoms with Crippen LogP contribution in [0.1, 0.15) is 23.7 Å². The number of carbonyl (C=O) groups is 1. The van der Waals surface area contributed by atoms with Crippen LogP contribution in [0.25, 0.3) is 11.3 Å². The molecule has 1 fully saturated rings. The van der Waals surface area contributed by atoms with Gasteiger partial charge < -0.3 is 9.32 Å². The van der Waals surface area contributed by atoms with E-state index in [1.165, 1.54) is 30.5 Å². The lowest BCUT2D eigenvalue weighted by atomic mass is 9.78. The highest BCUT2D eigenvalue weighted by molar-refractivity contribution is 6.00. The third-order valence-corrected chi connectivity index (χ3v) is 3.74. The molecule has 0 bridgehead atoms. The summed E-state index contributed by atoms with van der Waals surface area (Å²) < 4.78 is 42.4. The molecular weight excluding hydrogens is 299 g/mol. The maximum Gasteiger partial charge on any atom is 0.389 e. The van der Waals surface area contributed by atoms with Crippen molar-refractivity contribution in [3.8, 4) is 11.3 Å². The maximum atomic E-state index is 12.5. The number of H-pyrrole nitrogens is 1. The highest BCUT2D eigenvalue weighted by atomic mass is 19.4. The Morgan fingerprint density at radius 2 is 2.23 bits per heavy atom. The number of likely N-dealkylation sites (tertiary alicyclic amines) is 1. The van der Waals surface area contributed by atoms with Crippen LogP contribution in [0.2, 0.25) is 0 Å². The van der Waals surface area contributed by atoms with E-state index >= 15 is 0 Å². The van der Waals surface area contributed by atoms with Crippen molar-refractivity contribution in [2.24, 2.45) is 5.41 Å². The van der Waals surface area contributed by atoms with Gasteiger partial charge in [0.15, 0.2) is 0 Å². The first-order valence-corrected chi connectivity index (χ1v) is 6.69. The second-order valence-corrected chi connectivity index (χ2v) is 5.93. The van der Waals surface area contributed by atoms with Crippen molar-refractivity contribution in [2.75, 3.05) is 13.1 Å². The third kappa shape index (κ3) is 2.72. The molecule has 1 N–H and O–H groups in total. The smallest absolute Gasteiger partial charge is 0.389 e. The summed E-state index contributed by atoms with van der Waals surface area (Å²) in [4.78, 5) is 13.8. The zero-order valence-electron chi connectivity index (χ0n) is 11.8. The lowest BCUT2D eigenvalue weighted by Gasteiger charge is -2.48. The molecule has 0 unspecified atom stereocenters. The second-order valence-electron chi connectivity index (χ2n) is 5.93. The minimum Gasteiger partial charge on any atom is -0.472 e. The molecule has 3 heterocycles. The average molecular weight is 313 g/mol. The fourth-order valence-electron chi connectivity index (χ4n) is 2.86. The van der Waals surface area contributed by atoms with Gasteiger partial charge in [-0.2, -0.15) is 18.3 Å². The molecule has 1 aliphatic heterocycles. The molecule has 0 radical (unpaired) electrons. The van der Waals surface area contributed by atoms with E-state index in [1.54, 1.807) is 6.07 Å². The van der Waals surface area contributed by atoms with E-state index < -0.39 is 18.0 Å². The Morgan fingerprint density at radius 1 is 1.50 bits per heavy atom. The zero-order chi connectivity index (χ0) is 16.0. The summed E-state index contributed by atoms with van der Waals surface area (Å²) in [6.07, 6.45) is -0.794. The van der Waals surface area contributed by atoms with Crippen molar-refractivity contribution in [2.45, 2.75) is 19.5 Å². The van der Waals surface area contributed by atoms with Crippen LogP contribution in [0, 0.1) is 5.41 Å². The van der Waals surface area contributed by atoms with Crippen LogP contribution in [0.4, 0.5) is 13.2 Å². The van der Waals surface area contributed by atoms with E-state index in [9.17, 15) is 18.0 Å². The van der Waals surface area contributed by atoms with E-state index in [0.29, 0.717) is 16.8 Å². The molecule has 5 nitrogen and oxygen atoms in total. The number of nitrogens with zero attached hydrogens (tertiary/aromatic N) is 2. The van der Waals surface area contributed by atoms with Crippen LogP contribution in [0.3, 0.4) is 0 Å². The van der Waals surface area contributed by atoms with E-state index in [1.807, 2.05) is 0 Å². The molecule has 0 aliphatic carbocycles. The summed E-state index contributed by atoms with van der Waals surface area (Å²) in [5.41, 5.74) is 0.589. The summed E-state index contributed by atoms with van der Waals surface area (Å²) in [6, 6.07) is 1.67. The quantitative estimate of drug-likeness (QED) is 0.947. The van der Waals surface area contributed by atoms with Gasteiger partial charge in [0.1, 0.15) is 0 Å². The van der Waals surface area contributed by atoms with Crippen LogP contribution in [0.15, 0.2) is 29.2 Å². The molecule has 0 spiro atoms. The summed E-state index contributed by atoms with van der Waals surface area (Å²) in [6.45, 7) is 1.71. The van der Waals surface area contributed by atoms with Crippen LogP contribution in [-0.4, -0.2) is 40.3 Å². The normalized spacial score (nSPS) is 17.4. The number of alkyl halides is 3. The van der Waals surface area contributed by atoms with Gasteiger partial charge >= 0.3 is 6.18 Å². The van der Waals surface area contributed by atoms with Gasteiger partial charge in [-0.15, -0.1) is 0 Å². The molecule has 1 amide bonds. The number of rotatable bonds is 3. The largest absolute Gasteiger partial charge is 0.472 e. The Balaban J connectivity index is 1.72. The van der Waals surface area contributed by atoms with Crippen molar-refractivity contribution in [3.05, 3.63) is 30.4 Å². The Morgan fingerprint density at radius 3 is 2.82 bits per heavy atom. The predicted molar refractivity (Wildman–Crippen MR) is 71.0 cm³/mol. The van der Waals surface area contributed by atoms with Gasteiger partial charge in [-0.3, -0.25) is 9.89 Å².